The third-order valence-corrected chi connectivity index (χ3v) is 2.79. The van der Waals surface area contributed by atoms with Gasteiger partial charge in [-0.05, 0) is 35.7 Å². The normalized spacial score (nSPS) is 12.7. The van der Waals surface area contributed by atoms with Gasteiger partial charge in [-0.25, -0.2) is 4.39 Å². The highest BCUT2D eigenvalue weighted by Crippen LogP contribution is 2.22. The predicted octanol–water partition coefficient (Wildman–Crippen LogP) is 2.14. The van der Waals surface area contributed by atoms with Gasteiger partial charge in [0.15, 0.2) is 0 Å². The SMILES string of the molecule is Cc1ccc(F)cc1C(O)Cc1cnn(C)c1. The number of hydrogen-bond acceptors (Lipinski definition) is 2. The van der Waals surface area contributed by atoms with E-state index in [0.717, 1.165) is 11.1 Å². The molecule has 1 unspecified atom stereocenters. The van der Waals surface area contributed by atoms with Gasteiger partial charge in [-0.3, -0.25) is 4.68 Å². The maximum atomic E-state index is 13.1. The molecule has 0 amide bonds. The maximum Gasteiger partial charge on any atom is 0.123 e. The smallest absolute Gasteiger partial charge is 0.123 e. The molecule has 0 aliphatic rings. The van der Waals surface area contributed by atoms with Crippen molar-refractivity contribution >= 4 is 0 Å². The first kappa shape index (κ1) is 11.8. The lowest BCUT2D eigenvalue weighted by atomic mass is 9.99. The highest BCUT2D eigenvalue weighted by molar-refractivity contribution is 5.29. The second-order valence-electron chi connectivity index (χ2n) is 4.24. The summed E-state index contributed by atoms with van der Waals surface area (Å²) in [5.74, 6) is -0.323. The summed E-state index contributed by atoms with van der Waals surface area (Å²) in [6, 6.07) is 4.46. The highest BCUT2D eigenvalue weighted by Gasteiger charge is 2.13. The Morgan fingerprint density at radius 2 is 2.24 bits per heavy atom. The van der Waals surface area contributed by atoms with Crippen molar-refractivity contribution in [1.29, 1.82) is 0 Å². The largest absolute Gasteiger partial charge is 0.388 e. The van der Waals surface area contributed by atoms with Crippen LogP contribution in [0.4, 0.5) is 4.39 Å². The zero-order valence-corrected chi connectivity index (χ0v) is 9.89. The molecule has 1 atom stereocenters. The minimum Gasteiger partial charge on any atom is -0.388 e. The summed E-state index contributed by atoms with van der Waals surface area (Å²) in [4.78, 5) is 0. The van der Waals surface area contributed by atoms with Crippen LogP contribution in [0.5, 0.6) is 0 Å². The van der Waals surface area contributed by atoms with Crippen LogP contribution >= 0.6 is 0 Å². The summed E-state index contributed by atoms with van der Waals surface area (Å²) in [7, 11) is 1.82. The number of aliphatic hydroxyl groups is 1. The average Bonchev–Trinajstić information content (AvgIpc) is 2.67. The lowest BCUT2D eigenvalue weighted by Gasteiger charge is -2.12. The summed E-state index contributed by atoms with van der Waals surface area (Å²) in [6.45, 7) is 1.86. The molecule has 1 aromatic carbocycles. The molecule has 0 saturated carbocycles. The van der Waals surface area contributed by atoms with Crippen LogP contribution in [-0.2, 0) is 13.5 Å². The fourth-order valence-corrected chi connectivity index (χ4v) is 1.88. The van der Waals surface area contributed by atoms with E-state index in [1.807, 2.05) is 20.2 Å². The fraction of sp³-hybridized carbons (Fsp3) is 0.308. The van der Waals surface area contributed by atoms with E-state index in [1.54, 1.807) is 16.9 Å². The van der Waals surface area contributed by atoms with Gasteiger partial charge in [0, 0.05) is 19.7 Å². The molecule has 0 aliphatic heterocycles. The van der Waals surface area contributed by atoms with Crippen molar-refractivity contribution in [1.82, 2.24) is 9.78 Å². The van der Waals surface area contributed by atoms with E-state index >= 15 is 0 Å². The molecule has 0 saturated heterocycles. The third kappa shape index (κ3) is 2.71. The Morgan fingerprint density at radius 3 is 2.88 bits per heavy atom. The summed E-state index contributed by atoms with van der Waals surface area (Å²) >= 11 is 0. The van der Waals surface area contributed by atoms with Gasteiger partial charge < -0.3 is 5.11 Å². The van der Waals surface area contributed by atoms with Crippen molar-refractivity contribution in [2.75, 3.05) is 0 Å². The van der Waals surface area contributed by atoms with Crippen molar-refractivity contribution < 1.29 is 9.50 Å². The fourth-order valence-electron chi connectivity index (χ4n) is 1.88. The van der Waals surface area contributed by atoms with E-state index in [4.69, 9.17) is 0 Å². The van der Waals surface area contributed by atoms with Gasteiger partial charge >= 0.3 is 0 Å². The number of halogens is 1. The van der Waals surface area contributed by atoms with Gasteiger partial charge in [0.05, 0.1) is 12.3 Å². The second kappa shape index (κ2) is 4.67. The number of aryl methyl sites for hydroxylation is 2. The topological polar surface area (TPSA) is 38.1 Å². The molecule has 1 heterocycles. The van der Waals surface area contributed by atoms with Crippen LogP contribution in [-0.4, -0.2) is 14.9 Å². The van der Waals surface area contributed by atoms with Crippen LogP contribution in [0.15, 0.2) is 30.6 Å². The van der Waals surface area contributed by atoms with Gasteiger partial charge in [-0.1, -0.05) is 6.07 Å². The minimum atomic E-state index is -0.699. The van der Waals surface area contributed by atoms with Crippen LogP contribution in [0, 0.1) is 12.7 Å². The van der Waals surface area contributed by atoms with Gasteiger partial charge in [0.25, 0.3) is 0 Å². The Labute approximate surface area is 99.5 Å². The molecule has 4 heteroatoms. The molecule has 17 heavy (non-hydrogen) atoms. The van der Waals surface area contributed by atoms with E-state index in [-0.39, 0.29) is 5.82 Å². The van der Waals surface area contributed by atoms with Crippen LogP contribution in [0.1, 0.15) is 22.8 Å². The second-order valence-corrected chi connectivity index (χ2v) is 4.24. The number of hydrogen-bond donors (Lipinski definition) is 1. The minimum absolute atomic E-state index is 0.323. The van der Waals surface area contributed by atoms with Gasteiger partial charge in [0.2, 0.25) is 0 Å². The van der Waals surface area contributed by atoms with Crippen molar-refractivity contribution in [3.05, 3.63) is 53.1 Å². The van der Waals surface area contributed by atoms with Crippen molar-refractivity contribution in [3.63, 3.8) is 0 Å². The van der Waals surface area contributed by atoms with Crippen molar-refractivity contribution in [3.8, 4) is 0 Å². The summed E-state index contributed by atoms with van der Waals surface area (Å²) < 4.78 is 14.8. The molecule has 2 aromatic rings. The molecule has 0 fully saturated rings. The standard InChI is InChI=1S/C13H15FN2O/c1-9-3-4-11(14)6-12(9)13(17)5-10-7-15-16(2)8-10/h3-4,6-8,13,17H,5H2,1-2H3. The monoisotopic (exact) mass is 234 g/mol. The predicted molar refractivity (Wildman–Crippen MR) is 63.0 cm³/mol. The van der Waals surface area contributed by atoms with Crippen LogP contribution in [0.3, 0.4) is 0 Å². The Balaban J connectivity index is 2.19. The van der Waals surface area contributed by atoms with E-state index < -0.39 is 6.10 Å². The van der Waals surface area contributed by atoms with Crippen molar-refractivity contribution in [2.45, 2.75) is 19.4 Å². The third-order valence-electron chi connectivity index (χ3n) is 2.79. The molecular weight excluding hydrogens is 219 g/mol. The Hall–Kier alpha value is -1.68. The van der Waals surface area contributed by atoms with E-state index in [1.165, 1.54) is 12.1 Å². The first-order valence-electron chi connectivity index (χ1n) is 5.48. The molecule has 90 valence electrons. The molecule has 1 N–H and O–H groups in total. The summed E-state index contributed by atoms with van der Waals surface area (Å²) in [5, 5.41) is 14.1. The average molecular weight is 234 g/mol. The molecule has 0 bridgehead atoms. The van der Waals surface area contributed by atoms with Crippen LogP contribution in [0.2, 0.25) is 0 Å². The Kier molecular flexibility index (Phi) is 3.24. The number of benzene rings is 1. The molecule has 2 rings (SSSR count). The van der Waals surface area contributed by atoms with Crippen LogP contribution in [0.25, 0.3) is 0 Å². The zero-order chi connectivity index (χ0) is 12.4. The molecule has 1 aromatic heterocycles. The first-order valence-corrected chi connectivity index (χ1v) is 5.48. The van der Waals surface area contributed by atoms with Gasteiger partial charge in [-0.2, -0.15) is 5.10 Å². The molecule has 0 aliphatic carbocycles. The number of nitrogens with zero attached hydrogens (tertiary/aromatic N) is 2. The molecule has 3 nitrogen and oxygen atoms in total. The molecule has 0 spiro atoms. The Morgan fingerprint density at radius 1 is 1.47 bits per heavy atom. The summed E-state index contributed by atoms with van der Waals surface area (Å²) in [5.41, 5.74) is 2.46. The quantitative estimate of drug-likeness (QED) is 0.883. The first-order chi connectivity index (χ1) is 8.06. The number of aliphatic hydroxyl groups excluding tert-OH is 1. The maximum absolute atomic E-state index is 13.1. The van der Waals surface area contributed by atoms with Gasteiger partial charge in [0.1, 0.15) is 5.82 Å². The highest BCUT2D eigenvalue weighted by atomic mass is 19.1. The van der Waals surface area contributed by atoms with Crippen LogP contribution < -0.4 is 0 Å². The number of aromatic nitrogens is 2. The van der Waals surface area contributed by atoms with Gasteiger partial charge in [-0.15, -0.1) is 0 Å². The number of rotatable bonds is 3. The molecular formula is C13H15FN2O. The van der Waals surface area contributed by atoms with Crippen molar-refractivity contribution in [2.24, 2.45) is 7.05 Å². The lowest BCUT2D eigenvalue weighted by Crippen LogP contribution is -2.04. The molecule has 0 radical (unpaired) electrons. The Bertz CT molecular complexity index is 522. The van der Waals surface area contributed by atoms with E-state index in [2.05, 4.69) is 5.10 Å². The summed E-state index contributed by atoms with van der Waals surface area (Å²) in [6.07, 6.45) is 3.29. The zero-order valence-electron chi connectivity index (χ0n) is 9.89. The van der Waals surface area contributed by atoms with E-state index in [9.17, 15) is 9.50 Å². The van der Waals surface area contributed by atoms with E-state index in [0.29, 0.717) is 12.0 Å². The lowest BCUT2D eigenvalue weighted by molar-refractivity contribution is 0.177.